The fourth-order valence-electron chi connectivity index (χ4n) is 4.37. The lowest BCUT2D eigenvalue weighted by Gasteiger charge is -2.37. The Morgan fingerprint density at radius 3 is 3.04 bits per heavy atom. The quantitative estimate of drug-likeness (QED) is 0.878. The molecule has 1 amide bonds. The number of rotatable bonds is 3. The molecule has 24 heavy (non-hydrogen) atoms. The summed E-state index contributed by atoms with van der Waals surface area (Å²) < 4.78 is 0. The number of anilines is 1. The van der Waals surface area contributed by atoms with Gasteiger partial charge in [-0.1, -0.05) is 0 Å². The van der Waals surface area contributed by atoms with Crippen LogP contribution in [0, 0.1) is 11.8 Å². The molecule has 7 nitrogen and oxygen atoms in total. The first kappa shape index (κ1) is 15.4. The largest absolute Gasteiger partial charge is 0.387 e. The van der Waals surface area contributed by atoms with Crippen molar-refractivity contribution in [3.05, 3.63) is 18.6 Å². The van der Waals surface area contributed by atoms with E-state index in [1.54, 1.807) is 6.33 Å². The van der Waals surface area contributed by atoms with Gasteiger partial charge in [0.15, 0.2) is 0 Å². The van der Waals surface area contributed by atoms with E-state index < -0.39 is 0 Å². The number of carbonyl (C=O) groups is 1. The first-order chi connectivity index (χ1) is 11.7. The summed E-state index contributed by atoms with van der Waals surface area (Å²) in [6.45, 7) is 1.20. The van der Waals surface area contributed by atoms with Gasteiger partial charge in [-0.15, -0.1) is 0 Å². The minimum atomic E-state index is -0.380. The van der Waals surface area contributed by atoms with Gasteiger partial charge >= 0.3 is 0 Å². The summed E-state index contributed by atoms with van der Waals surface area (Å²) in [5, 5.41) is 10.1. The van der Waals surface area contributed by atoms with Crippen molar-refractivity contribution in [2.75, 3.05) is 31.6 Å². The van der Waals surface area contributed by atoms with E-state index in [4.69, 9.17) is 5.11 Å². The second-order valence-electron chi connectivity index (χ2n) is 6.99. The maximum Gasteiger partial charge on any atom is 0.248 e. The van der Waals surface area contributed by atoms with Crippen LogP contribution in [-0.2, 0) is 4.79 Å². The van der Waals surface area contributed by atoms with Crippen LogP contribution in [0.5, 0.6) is 0 Å². The number of H-pyrrole nitrogens is 1. The molecular formula is C17H23N5O2. The van der Waals surface area contributed by atoms with Crippen molar-refractivity contribution < 1.29 is 9.90 Å². The Morgan fingerprint density at radius 2 is 2.21 bits per heavy atom. The second-order valence-corrected chi connectivity index (χ2v) is 6.99. The predicted molar refractivity (Wildman–Crippen MR) is 90.6 cm³/mol. The van der Waals surface area contributed by atoms with E-state index in [2.05, 4.69) is 26.9 Å². The molecule has 1 saturated heterocycles. The SMILES string of the molecule is CN(c1ncnc2[nH]ccc12)[C@@H]1CC[C@H]2CN(C(=O)CO)C[C@H]2C1. The monoisotopic (exact) mass is 329 g/mol. The lowest BCUT2D eigenvalue weighted by Crippen LogP contribution is -2.39. The maximum atomic E-state index is 11.8. The molecule has 0 spiro atoms. The number of nitrogens with one attached hydrogen (secondary N) is 1. The van der Waals surface area contributed by atoms with Gasteiger partial charge in [-0.05, 0) is 37.2 Å². The number of amides is 1. The van der Waals surface area contributed by atoms with Crippen LogP contribution in [0.3, 0.4) is 0 Å². The third-order valence-electron chi connectivity index (χ3n) is 5.72. The fourth-order valence-corrected chi connectivity index (χ4v) is 4.37. The summed E-state index contributed by atoms with van der Waals surface area (Å²) in [5.74, 6) is 1.92. The molecule has 0 bridgehead atoms. The third kappa shape index (κ3) is 2.53. The predicted octanol–water partition coefficient (Wildman–Crippen LogP) is 1.01. The van der Waals surface area contributed by atoms with Crippen LogP contribution in [0.2, 0.25) is 0 Å². The fraction of sp³-hybridized carbons (Fsp3) is 0.588. The highest BCUT2D eigenvalue weighted by molar-refractivity contribution is 5.87. The molecule has 2 fully saturated rings. The van der Waals surface area contributed by atoms with Gasteiger partial charge in [0.1, 0.15) is 24.4 Å². The van der Waals surface area contributed by atoms with Gasteiger partial charge < -0.3 is 19.9 Å². The summed E-state index contributed by atoms with van der Waals surface area (Å²) in [4.78, 5) is 27.7. The lowest BCUT2D eigenvalue weighted by molar-refractivity contribution is -0.133. The van der Waals surface area contributed by atoms with Crippen LogP contribution < -0.4 is 4.90 Å². The molecule has 0 unspecified atom stereocenters. The highest BCUT2D eigenvalue weighted by atomic mass is 16.3. The second kappa shape index (κ2) is 6.05. The smallest absolute Gasteiger partial charge is 0.248 e. The number of carbonyl (C=O) groups excluding carboxylic acids is 1. The lowest BCUT2D eigenvalue weighted by atomic mass is 9.78. The molecule has 3 atom stereocenters. The highest BCUT2D eigenvalue weighted by Gasteiger charge is 2.40. The molecule has 0 aromatic carbocycles. The van der Waals surface area contributed by atoms with Gasteiger partial charge in [-0.2, -0.15) is 0 Å². The number of likely N-dealkylation sites (tertiary alicyclic amines) is 1. The average molecular weight is 329 g/mol. The number of aliphatic hydroxyl groups is 1. The molecule has 7 heteroatoms. The molecule has 2 aromatic rings. The van der Waals surface area contributed by atoms with Gasteiger partial charge in [0.2, 0.25) is 5.91 Å². The van der Waals surface area contributed by atoms with Crippen molar-refractivity contribution in [2.45, 2.75) is 25.3 Å². The van der Waals surface area contributed by atoms with Crippen molar-refractivity contribution in [1.29, 1.82) is 0 Å². The molecule has 3 heterocycles. The first-order valence-corrected chi connectivity index (χ1v) is 8.57. The summed E-state index contributed by atoms with van der Waals surface area (Å²) in [7, 11) is 2.10. The van der Waals surface area contributed by atoms with Crippen LogP contribution in [0.1, 0.15) is 19.3 Å². The molecule has 2 aromatic heterocycles. The molecule has 2 N–H and O–H groups in total. The Morgan fingerprint density at radius 1 is 1.38 bits per heavy atom. The molecule has 1 aliphatic heterocycles. The molecule has 1 saturated carbocycles. The Hall–Kier alpha value is -2.15. The number of nitrogens with zero attached hydrogens (tertiary/aromatic N) is 4. The maximum absolute atomic E-state index is 11.8. The van der Waals surface area contributed by atoms with E-state index >= 15 is 0 Å². The van der Waals surface area contributed by atoms with Crippen LogP contribution in [0.25, 0.3) is 11.0 Å². The van der Waals surface area contributed by atoms with Gasteiger partial charge in [0.05, 0.1) is 5.39 Å². The summed E-state index contributed by atoms with van der Waals surface area (Å²) >= 11 is 0. The minimum absolute atomic E-state index is 0.140. The van der Waals surface area contributed by atoms with Crippen molar-refractivity contribution in [2.24, 2.45) is 11.8 Å². The van der Waals surface area contributed by atoms with Gasteiger partial charge in [0.25, 0.3) is 0 Å². The van der Waals surface area contributed by atoms with E-state index in [9.17, 15) is 4.79 Å². The number of aliphatic hydroxyl groups excluding tert-OH is 1. The standard InChI is InChI=1S/C17H23N5O2/c1-21(17-14-4-5-18-16(14)19-10-20-17)13-3-2-11-7-22(15(24)9-23)8-12(11)6-13/h4-5,10-13,23H,2-3,6-9H2,1H3,(H,18,19,20)/t11-,12+,13+/m0/s1. The highest BCUT2D eigenvalue weighted by Crippen LogP contribution is 2.39. The van der Waals surface area contributed by atoms with Crippen molar-refractivity contribution in [3.8, 4) is 0 Å². The molecule has 1 aliphatic carbocycles. The Bertz CT molecular complexity index is 745. The molecule has 0 radical (unpaired) electrons. The third-order valence-corrected chi connectivity index (χ3v) is 5.72. The molecule has 4 rings (SSSR count). The van der Waals surface area contributed by atoms with Crippen molar-refractivity contribution in [3.63, 3.8) is 0 Å². The molecular weight excluding hydrogens is 306 g/mol. The summed E-state index contributed by atoms with van der Waals surface area (Å²) in [5.41, 5.74) is 0.862. The average Bonchev–Trinajstić information content (AvgIpc) is 3.25. The van der Waals surface area contributed by atoms with E-state index in [-0.39, 0.29) is 12.5 Å². The van der Waals surface area contributed by atoms with Crippen molar-refractivity contribution in [1.82, 2.24) is 19.9 Å². The van der Waals surface area contributed by atoms with Gasteiger partial charge in [-0.25, -0.2) is 9.97 Å². The molecule has 2 aliphatic rings. The Balaban J connectivity index is 1.50. The van der Waals surface area contributed by atoms with E-state index in [1.807, 2.05) is 17.2 Å². The number of aromatic nitrogens is 3. The number of hydrogen-bond donors (Lipinski definition) is 2. The van der Waals surface area contributed by atoms with Crippen molar-refractivity contribution >= 4 is 22.8 Å². The molecule has 128 valence electrons. The number of aromatic amines is 1. The summed E-state index contributed by atoms with van der Waals surface area (Å²) in [6.07, 6.45) is 6.79. The zero-order valence-corrected chi connectivity index (χ0v) is 13.9. The van der Waals surface area contributed by atoms with Crippen LogP contribution in [0.4, 0.5) is 5.82 Å². The van der Waals surface area contributed by atoms with Crippen LogP contribution in [-0.4, -0.2) is 63.7 Å². The normalized spacial score (nSPS) is 26.6. The number of fused-ring (bicyclic) bond motifs is 2. The van der Waals surface area contributed by atoms with Crippen LogP contribution in [0.15, 0.2) is 18.6 Å². The van der Waals surface area contributed by atoms with Gasteiger partial charge in [0, 0.05) is 32.4 Å². The van der Waals surface area contributed by atoms with Gasteiger partial charge in [-0.3, -0.25) is 4.79 Å². The number of hydrogen-bond acceptors (Lipinski definition) is 5. The first-order valence-electron chi connectivity index (χ1n) is 8.57. The minimum Gasteiger partial charge on any atom is -0.387 e. The van der Waals surface area contributed by atoms with E-state index in [0.29, 0.717) is 17.9 Å². The van der Waals surface area contributed by atoms with E-state index in [0.717, 1.165) is 49.2 Å². The van der Waals surface area contributed by atoms with Crippen LogP contribution >= 0.6 is 0 Å². The summed E-state index contributed by atoms with van der Waals surface area (Å²) in [6, 6.07) is 2.44. The zero-order chi connectivity index (χ0) is 16.7. The Labute approximate surface area is 140 Å². The zero-order valence-electron chi connectivity index (χ0n) is 13.9. The Kier molecular flexibility index (Phi) is 3.88. The topological polar surface area (TPSA) is 85.4 Å². The van der Waals surface area contributed by atoms with E-state index in [1.165, 1.54) is 0 Å².